The summed E-state index contributed by atoms with van der Waals surface area (Å²) in [4.78, 5) is 30.9. The minimum Gasteiger partial charge on any atom is -0.464 e. The van der Waals surface area contributed by atoms with Crippen molar-refractivity contribution in [2.75, 3.05) is 6.61 Å². The van der Waals surface area contributed by atoms with Crippen molar-refractivity contribution >= 4 is 22.9 Å². The summed E-state index contributed by atoms with van der Waals surface area (Å²) < 4.78 is 58.4. The number of nitrogens with zero attached hydrogens (tertiary/aromatic N) is 1. The summed E-state index contributed by atoms with van der Waals surface area (Å²) in [6.07, 6.45) is -4.39. The van der Waals surface area contributed by atoms with Crippen LogP contribution < -0.4 is 5.32 Å². The predicted molar refractivity (Wildman–Crippen MR) is 93.3 cm³/mol. The van der Waals surface area contributed by atoms with Gasteiger partial charge in [0.15, 0.2) is 0 Å². The fourth-order valence-electron chi connectivity index (χ4n) is 3.17. The van der Waals surface area contributed by atoms with Crippen molar-refractivity contribution in [2.24, 2.45) is 0 Å². The second-order valence-electron chi connectivity index (χ2n) is 6.46. The first-order valence-electron chi connectivity index (χ1n) is 8.57. The number of aromatic nitrogens is 2. The Balaban J connectivity index is 1.77. The molecule has 1 saturated heterocycles. The van der Waals surface area contributed by atoms with Gasteiger partial charge >= 0.3 is 12.1 Å². The highest BCUT2D eigenvalue weighted by atomic mass is 19.4. The number of esters is 1. The van der Waals surface area contributed by atoms with Crippen molar-refractivity contribution in [3.05, 3.63) is 53.3 Å². The lowest BCUT2D eigenvalue weighted by molar-refractivity contribution is -0.139. The Hall–Kier alpha value is -3.43. The van der Waals surface area contributed by atoms with Gasteiger partial charge < -0.3 is 15.0 Å². The van der Waals surface area contributed by atoms with Crippen LogP contribution >= 0.6 is 0 Å². The fraction of sp³-hybridized carbons (Fsp3) is 0.211. The van der Waals surface area contributed by atoms with Crippen LogP contribution in [0.15, 0.2) is 36.4 Å². The third-order valence-corrected chi connectivity index (χ3v) is 4.54. The van der Waals surface area contributed by atoms with Gasteiger partial charge in [-0.2, -0.15) is 13.2 Å². The number of imidazole rings is 1. The fourth-order valence-corrected chi connectivity index (χ4v) is 3.17. The quantitative estimate of drug-likeness (QED) is 0.515. The minimum atomic E-state index is -4.72. The first-order chi connectivity index (χ1) is 13.7. The molecule has 29 heavy (non-hydrogen) atoms. The molecule has 0 spiro atoms. The third kappa shape index (κ3) is 3.53. The highest BCUT2D eigenvalue weighted by Crippen LogP contribution is 2.37. The first-order valence-corrected chi connectivity index (χ1v) is 8.57. The minimum absolute atomic E-state index is 0.0645. The summed E-state index contributed by atoms with van der Waals surface area (Å²) in [6.45, 7) is 0.195. The average Bonchev–Trinajstić information content (AvgIpc) is 3.26. The Bertz CT molecular complexity index is 1120. The molecule has 1 aliphatic rings. The Morgan fingerprint density at radius 2 is 2.03 bits per heavy atom. The summed E-state index contributed by atoms with van der Waals surface area (Å²) in [5.41, 5.74) is -1.07. The number of amides is 1. The number of rotatable bonds is 3. The lowest BCUT2D eigenvalue weighted by Gasteiger charge is -2.11. The van der Waals surface area contributed by atoms with Gasteiger partial charge in [0, 0.05) is 12.0 Å². The normalized spacial score (nSPS) is 16.8. The third-order valence-electron chi connectivity index (χ3n) is 4.54. The number of hydrogen-bond acceptors (Lipinski definition) is 4. The molecule has 3 aromatic rings. The van der Waals surface area contributed by atoms with Crippen LogP contribution in [0, 0.1) is 5.82 Å². The van der Waals surface area contributed by atoms with Gasteiger partial charge in [0.1, 0.15) is 23.2 Å². The molecule has 2 heterocycles. The van der Waals surface area contributed by atoms with E-state index in [1.807, 2.05) is 0 Å². The predicted octanol–water partition coefficient (Wildman–Crippen LogP) is 3.43. The lowest BCUT2D eigenvalue weighted by atomic mass is 10.1. The summed E-state index contributed by atoms with van der Waals surface area (Å²) in [7, 11) is 0. The molecule has 0 radical (unpaired) electrons. The van der Waals surface area contributed by atoms with E-state index in [1.165, 1.54) is 18.2 Å². The van der Waals surface area contributed by atoms with Crippen molar-refractivity contribution in [3.8, 4) is 11.4 Å². The van der Waals surface area contributed by atoms with Crippen molar-refractivity contribution in [1.29, 1.82) is 0 Å². The van der Waals surface area contributed by atoms with E-state index >= 15 is 0 Å². The van der Waals surface area contributed by atoms with Crippen molar-refractivity contribution in [1.82, 2.24) is 15.3 Å². The second kappa shape index (κ2) is 6.87. The molecule has 1 unspecified atom stereocenters. The number of cyclic esters (lactones) is 1. The number of ether oxygens (including phenoxy) is 1. The van der Waals surface area contributed by atoms with Gasteiger partial charge in [-0.1, -0.05) is 6.07 Å². The zero-order valence-corrected chi connectivity index (χ0v) is 14.6. The maximum Gasteiger partial charge on any atom is 0.417 e. The molecule has 0 aliphatic carbocycles. The number of halogens is 4. The molecule has 2 aromatic carbocycles. The SMILES string of the molecule is O=C(NC1CCOC1=O)c1cccc2[nH]c(-c3cc(F)ccc3C(F)(F)F)nc12. The first kappa shape index (κ1) is 18.9. The van der Waals surface area contributed by atoms with Crippen LogP contribution in [0.1, 0.15) is 22.3 Å². The Kier molecular flexibility index (Phi) is 4.48. The summed E-state index contributed by atoms with van der Waals surface area (Å²) >= 11 is 0. The van der Waals surface area contributed by atoms with E-state index in [-0.39, 0.29) is 23.5 Å². The molecule has 1 aliphatic heterocycles. The smallest absolute Gasteiger partial charge is 0.417 e. The van der Waals surface area contributed by atoms with E-state index in [4.69, 9.17) is 4.74 Å². The highest BCUT2D eigenvalue weighted by Gasteiger charge is 2.35. The van der Waals surface area contributed by atoms with E-state index in [2.05, 4.69) is 15.3 Å². The number of para-hydroxylation sites is 1. The molecule has 1 amide bonds. The molecule has 10 heteroatoms. The molecule has 1 atom stereocenters. The van der Waals surface area contributed by atoms with E-state index < -0.39 is 41.0 Å². The van der Waals surface area contributed by atoms with Crippen molar-refractivity contribution < 1.29 is 31.9 Å². The lowest BCUT2D eigenvalue weighted by Crippen LogP contribution is -2.38. The topological polar surface area (TPSA) is 84.1 Å². The summed E-state index contributed by atoms with van der Waals surface area (Å²) in [5, 5.41) is 2.52. The summed E-state index contributed by atoms with van der Waals surface area (Å²) in [5.74, 6) is -2.26. The number of carbonyl (C=O) groups excluding carboxylic acids is 2. The monoisotopic (exact) mass is 407 g/mol. The largest absolute Gasteiger partial charge is 0.464 e. The van der Waals surface area contributed by atoms with Crippen LogP contribution in [-0.4, -0.2) is 34.5 Å². The number of benzene rings is 2. The van der Waals surface area contributed by atoms with Gasteiger partial charge in [-0.25, -0.2) is 14.2 Å². The Morgan fingerprint density at radius 1 is 1.24 bits per heavy atom. The van der Waals surface area contributed by atoms with Crippen LogP contribution in [0.3, 0.4) is 0 Å². The molecule has 150 valence electrons. The number of nitrogens with one attached hydrogen (secondary N) is 2. The maximum absolute atomic E-state index is 13.6. The van der Waals surface area contributed by atoms with E-state index in [0.29, 0.717) is 24.1 Å². The van der Waals surface area contributed by atoms with Crippen LogP contribution in [0.4, 0.5) is 17.6 Å². The van der Waals surface area contributed by atoms with E-state index in [1.54, 1.807) is 0 Å². The van der Waals surface area contributed by atoms with Gasteiger partial charge in [0.25, 0.3) is 5.91 Å². The van der Waals surface area contributed by atoms with Gasteiger partial charge in [-0.05, 0) is 30.3 Å². The molecule has 4 rings (SSSR count). The number of fused-ring (bicyclic) bond motifs is 1. The molecule has 1 fully saturated rings. The van der Waals surface area contributed by atoms with Gasteiger partial charge in [0.2, 0.25) is 0 Å². The molecule has 1 aromatic heterocycles. The standard InChI is InChI=1S/C19H13F4N3O3/c20-9-4-5-12(19(21,22)23)11(8-9)16-24-13-3-1-2-10(15(13)26-16)17(27)25-14-6-7-29-18(14)28/h1-5,8,14H,6-7H2,(H,24,26)(H,25,27). The van der Waals surface area contributed by atoms with Crippen LogP contribution in [0.25, 0.3) is 22.4 Å². The molecule has 0 bridgehead atoms. The number of H-pyrrole nitrogens is 1. The highest BCUT2D eigenvalue weighted by molar-refractivity contribution is 6.06. The van der Waals surface area contributed by atoms with Gasteiger partial charge in [0.05, 0.1) is 23.3 Å². The molecular weight excluding hydrogens is 394 g/mol. The number of hydrogen-bond donors (Lipinski definition) is 2. The van der Waals surface area contributed by atoms with E-state index in [0.717, 1.165) is 6.07 Å². The van der Waals surface area contributed by atoms with Crippen LogP contribution in [0.2, 0.25) is 0 Å². The second-order valence-corrected chi connectivity index (χ2v) is 6.46. The Morgan fingerprint density at radius 3 is 2.72 bits per heavy atom. The van der Waals surface area contributed by atoms with Gasteiger partial charge in [-0.3, -0.25) is 4.79 Å². The number of alkyl halides is 3. The zero-order chi connectivity index (χ0) is 20.8. The zero-order valence-electron chi connectivity index (χ0n) is 14.6. The molecule has 0 saturated carbocycles. The molecule has 6 nitrogen and oxygen atoms in total. The van der Waals surface area contributed by atoms with Gasteiger partial charge in [-0.15, -0.1) is 0 Å². The number of carbonyl (C=O) groups is 2. The van der Waals surface area contributed by atoms with Crippen LogP contribution in [0.5, 0.6) is 0 Å². The van der Waals surface area contributed by atoms with Crippen LogP contribution in [-0.2, 0) is 15.7 Å². The molecular formula is C19H13F4N3O3. The number of aromatic amines is 1. The van der Waals surface area contributed by atoms with Crippen molar-refractivity contribution in [3.63, 3.8) is 0 Å². The van der Waals surface area contributed by atoms with E-state index in [9.17, 15) is 27.2 Å². The molecule has 2 N–H and O–H groups in total. The maximum atomic E-state index is 13.6. The Labute approximate surface area is 160 Å². The summed E-state index contributed by atoms with van der Waals surface area (Å²) in [6, 6.07) is 5.76. The average molecular weight is 407 g/mol. The van der Waals surface area contributed by atoms with Crippen molar-refractivity contribution in [2.45, 2.75) is 18.6 Å².